The van der Waals surface area contributed by atoms with Crippen LogP contribution in [0.1, 0.15) is 15.9 Å². The highest BCUT2D eigenvalue weighted by Gasteiger charge is 2.19. The summed E-state index contributed by atoms with van der Waals surface area (Å²) in [6.45, 7) is 0. The third-order valence-electron chi connectivity index (χ3n) is 2.34. The monoisotopic (exact) mass is 266 g/mol. The molecule has 0 heterocycles. The molecule has 0 atom stereocenters. The van der Waals surface area contributed by atoms with Gasteiger partial charge in [0.1, 0.15) is 5.75 Å². The minimum atomic E-state index is -0.351. The van der Waals surface area contributed by atoms with Crippen molar-refractivity contribution in [3.63, 3.8) is 0 Å². The molecule has 0 bridgehead atoms. The van der Waals surface area contributed by atoms with E-state index in [2.05, 4.69) is 0 Å². The Morgan fingerprint density at radius 2 is 1.65 bits per heavy atom. The lowest BCUT2D eigenvalue weighted by Crippen LogP contribution is -2.02. The lowest BCUT2D eigenvalue weighted by Gasteiger charge is -2.07. The summed E-state index contributed by atoms with van der Waals surface area (Å²) < 4.78 is 0. The number of aromatic hydroxyl groups is 1. The second kappa shape index (κ2) is 4.78. The molecule has 0 saturated heterocycles. The van der Waals surface area contributed by atoms with Crippen molar-refractivity contribution < 1.29 is 9.90 Å². The Balaban J connectivity index is 2.56. The molecule has 1 N–H and O–H groups in total. The van der Waals surface area contributed by atoms with Crippen LogP contribution in [0.25, 0.3) is 0 Å². The maximum atomic E-state index is 12.1. The predicted octanol–water partition coefficient (Wildman–Crippen LogP) is 3.93. The largest absolute Gasteiger partial charge is 0.507 e. The molecule has 0 amide bonds. The van der Waals surface area contributed by atoms with Crippen molar-refractivity contribution >= 4 is 29.0 Å². The summed E-state index contributed by atoms with van der Waals surface area (Å²) >= 11 is 11.8. The summed E-state index contributed by atoms with van der Waals surface area (Å²) in [5.41, 5.74) is 0.484. The van der Waals surface area contributed by atoms with Gasteiger partial charge in [0.25, 0.3) is 0 Å². The number of hydrogen-bond acceptors (Lipinski definition) is 2. The van der Waals surface area contributed by atoms with Crippen LogP contribution < -0.4 is 0 Å². The van der Waals surface area contributed by atoms with E-state index in [0.29, 0.717) is 5.56 Å². The maximum Gasteiger partial charge on any atom is 0.198 e. The van der Waals surface area contributed by atoms with Gasteiger partial charge in [-0.3, -0.25) is 4.79 Å². The zero-order valence-corrected chi connectivity index (χ0v) is 10.2. The molecule has 0 aromatic heterocycles. The first-order valence-corrected chi connectivity index (χ1v) is 5.63. The van der Waals surface area contributed by atoms with Gasteiger partial charge in [-0.2, -0.15) is 0 Å². The highest BCUT2D eigenvalue weighted by molar-refractivity contribution is 6.44. The highest BCUT2D eigenvalue weighted by atomic mass is 35.5. The van der Waals surface area contributed by atoms with Gasteiger partial charge in [-0.1, -0.05) is 53.5 Å². The average molecular weight is 267 g/mol. The zero-order chi connectivity index (χ0) is 12.4. The molecular weight excluding hydrogens is 259 g/mol. The molecule has 0 unspecified atom stereocenters. The third kappa shape index (κ3) is 2.28. The van der Waals surface area contributed by atoms with Gasteiger partial charge in [0.15, 0.2) is 5.78 Å². The van der Waals surface area contributed by atoms with E-state index < -0.39 is 0 Å². The van der Waals surface area contributed by atoms with Crippen LogP contribution in [-0.2, 0) is 0 Å². The number of rotatable bonds is 2. The Bertz CT molecular complexity index is 565. The fraction of sp³-hybridized carbons (Fsp3) is 0. The van der Waals surface area contributed by atoms with Crippen LogP contribution in [0.15, 0.2) is 42.5 Å². The quantitative estimate of drug-likeness (QED) is 0.837. The predicted molar refractivity (Wildman–Crippen MR) is 68.0 cm³/mol. The molecular formula is C13H8Cl2O2. The standard InChI is InChI=1S/C13H8Cl2O2/c14-9-6-7-10(16)11(12(9)15)13(17)8-4-2-1-3-5-8/h1-7,16H. The summed E-state index contributed by atoms with van der Waals surface area (Å²) in [5, 5.41) is 9.99. The molecule has 2 aromatic rings. The van der Waals surface area contributed by atoms with Gasteiger partial charge in [-0.25, -0.2) is 0 Å². The molecule has 0 saturated carbocycles. The fourth-order valence-electron chi connectivity index (χ4n) is 1.49. The van der Waals surface area contributed by atoms with Gasteiger partial charge in [0.05, 0.1) is 15.6 Å². The molecule has 2 aromatic carbocycles. The van der Waals surface area contributed by atoms with Crippen LogP contribution >= 0.6 is 23.2 Å². The Morgan fingerprint density at radius 3 is 2.29 bits per heavy atom. The number of carbonyl (C=O) groups excluding carboxylic acids is 1. The minimum absolute atomic E-state index is 0.0327. The first-order chi connectivity index (χ1) is 8.11. The molecule has 0 spiro atoms. The van der Waals surface area contributed by atoms with Gasteiger partial charge >= 0.3 is 0 Å². The van der Waals surface area contributed by atoms with E-state index in [1.165, 1.54) is 12.1 Å². The summed E-state index contributed by atoms with van der Waals surface area (Å²) in [7, 11) is 0. The van der Waals surface area contributed by atoms with E-state index in [-0.39, 0.29) is 27.1 Å². The van der Waals surface area contributed by atoms with Crippen molar-refractivity contribution in [1.29, 1.82) is 0 Å². The molecule has 2 rings (SSSR count). The molecule has 4 heteroatoms. The lowest BCUT2D eigenvalue weighted by atomic mass is 10.0. The van der Waals surface area contributed by atoms with E-state index in [0.717, 1.165) is 0 Å². The number of phenolic OH excluding ortho intramolecular Hbond substituents is 1. The molecule has 0 aliphatic heterocycles. The topological polar surface area (TPSA) is 37.3 Å². The lowest BCUT2D eigenvalue weighted by molar-refractivity contribution is 0.103. The molecule has 0 fully saturated rings. The van der Waals surface area contributed by atoms with Crippen LogP contribution in [-0.4, -0.2) is 10.9 Å². The molecule has 2 nitrogen and oxygen atoms in total. The minimum Gasteiger partial charge on any atom is -0.507 e. The smallest absolute Gasteiger partial charge is 0.198 e. The summed E-state index contributed by atoms with van der Waals surface area (Å²) in [6.07, 6.45) is 0. The number of halogens is 2. The molecule has 0 aliphatic rings. The normalized spacial score (nSPS) is 10.2. The van der Waals surface area contributed by atoms with Crippen molar-refractivity contribution in [2.24, 2.45) is 0 Å². The summed E-state index contributed by atoms with van der Waals surface area (Å²) in [6, 6.07) is 11.4. The Morgan fingerprint density at radius 1 is 1.00 bits per heavy atom. The Labute approximate surface area is 108 Å². The number of hydrogen-bond donors (Lipinski definition) is 1. The van der Waals surface area contributed by atoms with Gasteiger partial charge in [-0.15, -0.1) is 0 Å². The van der Waals surface area contributed by atoms with Gasteiger partial charge < -0.3 is 5.11 Å². The van der Waals surface area contributed by atoms with E-state index in [9.17, 15) is 9.90 Å². The second-order valence-corrected chi connectivity index (χ2v) is 4.24. The van der Waals surface area contributed by atoms with Crippen LogP contribution in [0.2, 0.25) is 10.0 Å². The first-order valence-electron chi connectivity index (χ1n) is 4.88. The van der Waals surface area contributed by atoms with Crippen molar-refractivity contribution in [2.75, 3.05) is 0 Å². The van der Waals surface area contributed by atoms with Crippen molar-refractivity contribution in [2.45, 2.75) is 0 Å². The first kappa shape index (κ1) is 12.0. The summed E-state index contributed by atoms with van der Waals surface area (Å²) in [4.78, 5) is 12.1. The molecule has 86 valence electrons. The number of ketones is 1. The number of benzene rings is 2. The Hall–Kier alpha value is -1.51. The van der Waals surface area contributed by atoms with Crippen molar-refractivity contribution in [3.8, 4) is 5.75 Å². The van der Waals surface area contributed by atoms with Crippen LogP contribution in [0.4, 0.5) is 0 Å². The third-order valence-corrected chi connectivity index (χ3v) is 3.14. The van der Waals surface area contributed by atoms with E-state index in [4.69, 9.17) is 23.2 Å². The highest BCUT2D eigenvalue weighted by Crippen LogP contribution is 2.33. The van der Waals surface area contributed by atoms with Gasteiger partial charge in [0.2, 0.25) is 0 Å². The SMILES string of the molecule is O=C(c1ccccc1)c1c(O)ccc(Cl)c1Cl. The Kier molecular flexibility index (Phi) is 3.36. The maximum absolute atomic E-state index is 12.1. The van der Waals surface area contributed by atoms with Gasteiger partial charge in [0, 0.05) is 5.56 Å². The summed E-state index contributed by atoms with van der Waals surface area (Å²) in [5.74, 6) is -0.524. The average Bonchev–Trinajstić information content (AvgIpc) is 2.35. The van der Waals surface area contributed by atoms with Crippen LogP contribution in [0.3, 0.4) is 0 Å². The molecule has 0 aliphatic carbocycles. The van der Waals surface area contributed by atoms with Crippen molar-refractivity contribution in [1.82, 2.24) is 0 Å². The number of phenols is 1. The fourth-order valence-corrected chi connectivity index (χ4v) is 1.89. The second-order valence-electron chi connectivity index (χ2n) is 3.45. The van der Waals surface area contributed by atoms with E-state index in [1.54, 1.807) is 30.3 Å². The van der Waals surface area contributed by atoms with Crippen LogP contribution in [0, 0.1) is 0 Å². The molecule has 17 heavy (non-hydrogen) atoms. The van der Waals surface area contributed by atoms with E-state index >= 15 is 0 Å². The van der Waals surface area contributed by atoms with Gasteiger partial charge in [-0.05, 0) is 12.1 Å². The molecule has 0 radical (unpaired) electrons. The number of carbonyl (C=O) groups is 1. The van der Waals surface area contributed by atoms with Crippen LogP contribution in [0.5, 0.6) is 5.75 Å². The van der Waals surface area contributed by atoms with Crippen molar-refractivity contribution in [3.05, 3.63) is 63.6 Å². The zero-order valence-electron chi connectivity index (χ0n) is 8.65. The van der Waals surface area contributed by atoms with E-state index in [1.807, 2.05) is 0 Å².